The second kappa shape index (κ2) is 6.80. The van der Waals surface area contributed by atoms with Gasteiger partial charge in [0.1, 0.15) is 6.34 Å². The molecule has 1 rings (SSSR count). The Balaban J connectivity index is 0.00000169. The SMILES string of the molecule is O=C(O)CCC(=O)ON1C=NCC1.[NaH]. The van der Waals surface area contributed by atoms with E-state index in [4.69, 9.17) is 9.94 Å². The van der Waals surface area contributed by atoms with Gasteiger partial charge in [-0.05, 0) is 0 Å². The molecule has 0 unspecified atom stereocenters. The van der Waals surface area contributed by atoms with Crippen molar-refractivity contribution in [2.75, 3.05) is 13.1 Å². The van der Waals surface area contributed by atoms with Crippen molar-refractivity contribution in [2.24, 2.45) is 4.99 Å². The van der Waals surface area contributed by atoms with Gasteiger partial charge in [0.2, 0.25) is 0 Å². The normalized spacial score (nSPS) is 13.6. The molecule has 0 amide bonds. The van der Waals surface area contributed by atoms with Crippen molar-refractivity contribution in [3.05, 3.63) is 0 Å². The zero-order valence-electron chi connectivity index (χ0n) is 6.97. The van der Waals surface area contributed by atoms with Crippen molar-refractivity contribution in [3.8, 4) is 0 Å². The third kappa shape index (κ3) is 5.21. The van der Waals surface area contributed by atoms with Crippen LogP contribution in [0.1, 0.15) is 12.8 Å². The number of hydroxylamine groups is 2. The van der Waals surface area contributed by atoms with Crippen LogP contribution in [0.4, 0.5) is 0 Å². The fraction of sp³-hybridized carbons (Fsp3) is 0.571. The standard InChI is InChI=1S/C7H10N2O4.Na.H/c10-6(11)1-2-7(12)13-9-4-3-8-5-9;;/h5H,1-4H2,(H,10,11);;. The number of hydrogen-bond donors (Lipinski definition) is 1. The molecule has 0 fully saturated rings. The van der Waals surface area contributed by atoms with Crippen molar-refractivity contribution in [2.45, 2.75) is 12.8 Å². The fourth-order valence-electron chi connectivity index (χ4n) is 0.817. The minimum atomic E-state index is -1.01. The number of carboxylic acids is 1. The first-order chi connectivity index (χ1) is 6.18. The summed E-state index contributed by atoms with van der Waals surface area (Å²) >= 11 is 0. The minimum absolute atomic E-state index is 0. The van der Waals surface area contributed by atoms with E-state index in [1.54, 1.807) is 0 Å². The molecule has 0 bridgehead atoms. The predicted octanol–water partition coefficient (Wildman–Crippen LogP) is -0.995. The molecule has 6 nitrogen and oxygen atoms in total. The third-order valence-electron chi connectivity index (χ3n) is 1.42. The Morgan fingerprint density at radius 3 is 2.71 bits per heavy atom. The summed E-state index contributed by atoms with van der Waals surface area (Å²) in [6.07, 6.45) is 1.10. The molecule has 1 heterocycles. The van der Waals surface area contributed by atoms with E-state index in [2.05, 4.69) is 4.99 Å². The molecular weight excluding hydrogens is 199 g/mol. The van der Waals surface area contributed by atoms with Crippen molar-refractivity contribution in [1.82, 2.24) is 5.06 Å². The third-order valence-corrected chi connectivity index (χ3v) is 1.42. The van der Waals surface area contributed by atoms with Crippen LogP contribution in [0.3, 0.4) is 0 Å². The average Bonchev–Trinajstić information content (AvgIpc) is 2.53. The van der Waals surface area contributed by atoms with Crippen molar-refractivity contribution >= 4 is 47.8 Å². The van der Waals surface area contributed by atoms with Gasteiger partial charge in [0.05, 0.1) is 25.9 Å². The van der Waals surface area contributed by atoms with E-state index in [-0.39, 0.29) is 42.4 Å². The number of nitrogens with zero attached hydrogens (tertiary/aromatic N) is 2. The number of aliphatic imine (C=N–C) groups is 1. The van der Waals surface area contributed by atoms with Gasteiger partial charge < -0.3 is 9.94 Å². The van der Waals surface area contributed by atoms with Crippen molar-refractivity contribution < 1.29 is 19.5 Å². The molecule has 0 aliphatic carbocycles. The summed E-state index contributed by atoms with van der Waals surface area (Å²) in [6, 6.07) is 0. The topological polar surface area (TPSA) is 79.2 Å². The quantitative estimate of drug-likeness (QED) is 0.602. The second-order valence-corrected chi connectivity index (χ2v) is 2.52. The molecule has 0 atom stereocenters. The Bertz CT molecular complexity index is 244. The van der Waals surface area contributed by atoms with Gasteiger partial charge in [0.25, 0.3) is 0 Å². The molecule has 1 aliphatic rings. The summed E-state index contributed by atoms with van der Waals surface area (Å²) < 4.78 is 0. The van der Waals surface area contributed by atoms with E-state index in [0.717, 1.165) is 0 Å². The van der Waals surface area contributed by atoms with E-state index < -0.39 is 11.9 Å². The van der Waals surface area contributed by atoms with E-state index >= 15 is 0 Å². The summed E-state index contributed by atoms with van der Waals surface area (Å²) in [6.45, 7) is 1.14. The van der Waals surface area contributed by atoms with Crippen LogP contribution in [0.15, 0.2) is 4.99 Å². The van der Waals surface area contributed by atoms with Crippen molar-refractivity contribution in [3.63, 3.8) is 0 Å². The van der Waals surface area contributed by atoms with Crippen LogP contribution >= 0.6 is 0 Å². The molecule has 1 N–H and O–H groups in total. The Kier molecular flexibility index (Phi) is 6.52. The van der Waals surface area contributed by atoms with E-state index in [0.29, 0.717) is 13.1 Å². The van der Waals surface area contributed by atoms with Gasteiger partial charge in [0, 0.05) is 0 Å². The number of carboxylic acid groups (broad SMARTS) is 1. The molecule has 0 aromatic rings. The van der Waals surface area contributed by atoms with E-state index in [9.17, 15) is 9.59 Å². The first-order valence-electron chi connectivity index (χ1n) is 3.87. The van der Waals surface area contributed by atoms with Crippen LogP contribution < -0.4 is 0 Å². The summed E-state index contributed by atoms with van der Waals surface area (Å²) in [7, 11) is 0. The zero-order valence-corrected chi connectivity index (χ0v) is 6.97. The van der Waals surface area contributed by atoms with Crippen molar-refractivity contribution in [1.29, 1.82) is 0 Å². The maximum absolute atomic E-state index is 10.9. The number of aliphatic carboxylic acids is 1. The molecule has 1 aliphatic heterocycles. The summed E-state index contributed by atoms with van der Waals surface area (Å²) in [5.41, 5.74) is 0. The molecule has 0 aromatic carbocycles. The van der Waals surface area contributed by atoms with Gasteiger partial charge in [-0.25, -0.2) is 4.79 Å². The van der Waals surface area contributed by atoms with Gasteiger partial charge in [-0.15, -0.1) is 0 Å². The molecule has 0 spiro atoms. The van der Waals surface area contributed by atoms with Crippen LogP contribution in [-0.2, 0) is 14.4 Å². The maximum atomic E-state index is 10.9. The van der Waals surface area contributed by atoms with Gasteiger partial charge in [-0.3, -0.25) is 9.79 Å². The molecule has 0 saturated heterocycles. The van der Waals surface area contributed by atoms with Crippen LogP contribution in [0.2, 0.25) is 0 Å². The molecule has 7 heteroatoms. The fourth-order valence-corrected chi connectivity index (χ4v) is 0.817. The first kappa shape index (κ1) is 13.4. The van der Waals surface area contributed by atoms with Gasteiger partial charge >= 0.3 is 41.5 Å². The number of carbonyl (C=O) groups is 2. The molecule has 74 valence electrons. The Morgan fingerprint density at radius 2 is 2.21 bits per heavy atom. The molecule has 0 aromatic heterocycles. The second-order valence-electron chi connectivity index (χ2n) is 2.52. The Morgan fingerprint density at radius 1 is 1.50 bits per heavy atom. The molecular formula is C7H11N2NaO4. The number of hydrogen-bond acceptors (Lipinski definition) is 5. The van der Waals surface area contributed by atoms with E-state index in [1.165, 1.54) is 11.4 Å². The van der Waals surface area contributed by atoms with E-state index in [1.807, 2.05) is 0 Å². The van der Waals surface area contributed by atoms with Gasteiger partial charge in [0.15, 0.2) is 0 Å². The molecule has 0 radical (unpaired) electrons. The summed E-state index contributed by atoms with van der Waals surface area (Å²) in [5, 5.41) is 9.57. The Hall–Kier alpha value is -0.590. The number of rotatable bonds is 4. The summed E-state index contributed by atoms with van der Waals surface area (Å²) in [4.78, 5) is 29.6. The molecule has 0 saturated carbocycles. The monoisotopic (exact) mass is 210 g/mol. The summed E-state index contributed by atoms with van der Waals surface area (Å²) in [5.74, 6) is -1.55. The predicted molar refractivity (Wildman–Crippen MR) is 50.2 cm³/mol. The van der Waals surface area contributed by atoms with Crippen LogP contribution in [0.25, 0.3) is 0 Å². The Labute approximate surface area is 103 Å². The van der Waals surface area contributed by atoms with Crippen LogP contribution in [0.5, 0.6) is 0 Å². The first-order valence-corrected chi connectivity index (χ1v) is 3.87. The van der Waals surface area contributed by atoms with Crippen LogP contribution in [0, 0.1) is 0 Å². The number of carbonyl (C=O) groups excluding carboxylic acids is 1. The van der Waals surface area contributed by atoms with Gasteiger partial charge in [-0.1, -0.05) is 0 Å². The molecule has 14 heavy (non-hydrogen) atoms. The van der Waals surface area contributed by atoms with Gasteiger partial charge in [-0.2, -0.15) is 5.06 Å². The zero-order chi connectivity index (χ0) is 9.68. The average molecular weight is 210 g/mol. The van der Waals surface area contributed by atoms with Crippen LogP contribution in [-0.4, -0.2) is 71.1 Å².